The Morgan fingerprint density at radius 2 is 1.19 bits per heavy atom. The second-order valence-corrected chi connectivity index (χ2v) is 6.15. The number of ether oxygens (including phenoxy) is 2. The summed E-state index contributed by atoms with van der Waals surface area (Å²) in [5.74, 6) is -1.83. The molecule has 0 heterocycles. The molecule has 0 aliphatic heterocycles. The lowest BCUT2D eigenvalue weighted by molar-refractivity contribution is -0.162. The molecule has 2 rings (SSSR count). The van der Waals surface area contributed by atoms with E-state index in [2.05, 4.69) is 0 Å². The smallest absolute Gasteiger partial charge is 0.320 e. The minimum atomic E-state index is -0.841. The molecule has 0 fully saturated rings. The summed E-state index contributed by atoms with van der Waals surface area (Å²) < 4.78 is 10.6. The molecule has 26 heavy (non-hydrogen) atoms. The number of hydrogen-bond acceptors (Lipinski definition) is 4. The average molecular weight is 354 g/mol. The zero-order chi connectivity index (χ0) is 18.6. The zero-order valence-corrected chi connectivity index (χ0v) is 15.2. The van der Waals surface area contributed by atoms with Crippen molar-refractivity contribution in [3.05, 3.63) is 71.8 Å². The van der Waals surface area contributed by atoms with Crippen molar-refractivity contribution in [2.24, 2.45) is 5.92 Å². The maximum absolute atomic E-state index is 12.3. The molecular weight excluding hydrogens is 328 g/mol. The van der Waals surface area contributed by atoms with Gasteiger partial charge in [0.1, 0.15) is 0 Å². The first kappa shape index (κ1) is 19.7. The van der Waals surface area contributed by atoms with Crippen molar-refractivity contribution in [3.8, 4) is 0 Å². The van der Waals surface area contributed by atoms with Gasteiger partial charge in [0.05, 0.1) is 13.2 Å². The normalized spacial score (nSPS) is 10.5. The van der Waals surface area contributed by atoms with Crippen LogP contribution in [0.15, 0.2) is 60.7 Å². The molecule has 2 aromatic carbocycles. The number of hydrogen-bond donors (Lipinski definition) is 0. The summed E-state index contributed by atoms with van der Waals surface area (Å²) in [5.41, 5.74) is 2.19. The Morgan fingerprint density at radius 3 is 1.58 bits per heavy atom. The standard InChI is InChI=1S/C22H26O4/c1-2-9-20(21(23)25-16-14-18-10-5-3-6-11-18)22(24)26-17-15-19-12-7-4-8-13-19/h3-8,10-13,20H,2,9,14-17H2,1H3. The van der Waals surface area contributed by atoms with E-state index in [4.69, 9.17) is 9.47 Å². The third-order valence-electron chi connectivity index (χ3n) is 4.10. The number of rotatable bonds is 10. The van der Waals surface area contributed by atoms with E-state index >= 15 is 0 Å². The van der Waals surface area contributed by atoms with Crippen LogP contribution in [0.1, 0.15) is 30.9 Å². The van der Waals surface area contributed by atoms with Crippen molar-refractivity contribution < 1.29 is 19.1 Å². The molecule has 0 unspecified atom stereocenters. The predicted octanol–water partition coefficient (Wildman–Crippen LogP) is 3.97. The number of benzene rings is 2. The van der Waals surface area contributed by atoms with E-state index in [9.17, 15) is 9.59 Å². The molecule has 0 bridgehead atoms. The maximum Gasteiger partial charge on any atom is 0.320 e. The van der Waals surface area contributed by atoms with Gasteiger partial charge in [-0.3, -0.25) is 9.59 Å². The van der Waals surface area contributed by atoms with Gasteiger partial charge in [-0.25, -0.2) is 0 Å². The van der Waals surface area contributed by atoms with Gasteiger partial charge >= 0.3 is 11.9 Å². The summed E-state index contributed by atoms with van der Waals surface area (Å²) in [4.78, 5) is 24.5. The lowest BCUT2D eigenvalue weighted by Crippen LogP contribution is -2.29. The molecule has 0 saturated heterocycles. The third kappa shape index (κ3) is 6.71. The quantitative estimate of drug-likeness (QED) is 0.478. The molecule has 2 aromatic rings. The summed E-state index contributed by atoms with van der Waals surface area (Å²) >= 11 is 0. The molecule has 0 aliphatic rings. The minimum Gasteiger partial charge on any atom is -0.465 e. The lowest BCUT2D eigenvalue weighted by Gasteiger charge is -2.15. The summed E-state index contributed by atoms with van der Waals surface area (Å²) in [6.45, 7) is 2.46. The minimum absolute atomic E-state index is 0.264. The van der Waals surface area contributed by atoms with Crippen LogP contribution in [0.25, 0.3) is 0 Å². The van der Waals surface area contributed by atoms with Crippen LogP contribution in [0.5, 0.6) is 0 Å². The monoisotopic (exact) mass is 354 g/mol. The number of carbonyl (C=O) groups is 2. The van der Waals surface area contributed by atoms with Crippen LogP contribution in [0.2, 0.25) is 0 Å². The van der Waals surface area contributed by atoms with Gasteiger partial charge in [-0.2, -0.15) is 0 Å². The first-order valence-corrected chi connectivity index (χ1v) is 9.12. The van der Waals surface area contributed by atoms with Gasteiger partial charge in [0.25, 0.3) is 0 Å². The van der Waals surface area contributed by atoms with E-state index in [1.54, 1.807) is 0 Å². The van der Waals surface area contributed by atoms with Crippen LogP contribution in [0.3, 0.4) is 0 Å². The van der Waals surface area contributed by atoms with E-state index in [-0.39, 0.29) is 13.2 Å². The molecule has 0 aromatic heterocycles. The fraction of sp³-hybridized carbons (Fsp3) is 0.364. The number of esters is 2. The Hall–Kier alpha value is -2.62. The molecular formula is C22H26O4. The molecule has 0 amide bonds. The van der Waals surface area contributed by atoms with Crippen molar-refractivity contribution >= 4 is 11.9 Å². The Labute approximate surface area is 155 Å². The average Bonchev–Trinajstić information content (AvgIpc) is 2.67. The van der Waals surface area contributed by atoms with Gasteiger partial charge in [0.2, 0.25) is 0 Å². The fourth-order valence-corrected chi connectivity index (χ4v) is 2.65. The third-order valence-corrected chi connectivity index (χ3v) is 4.10. The first-order valence-electron chi connectivity index (χ1n) is 9.12. The van der Waals surface area contributed by atoms with Gasteiger partial charge in [0, 0.05) is 12.8 Å². The Kier molecular flexibility index (Phi) is 8.40. The maximum atomic E-state index is 12.3. The molecule has 0 N–H and O–H groups in total. The van der Waals surface area contributed by atoms with Gasteiger partial charge in [0.15, 0.2) is 5.92 Å². The fourth-order valence-electron chi connectivity index (χ4n) is 2.65. The highest BCUT2D eigenvalue weighted by atomic mass is 16.6. The molecule has 4 heteroatoms. The summed E-state index contributed by atoms with van der Waals surface area (Å²) in [6.07, 6.45) is 2.42. The van der Waals surface area contributed by atoms with Crippen LogP contribution in [-0.4, -0.2) is 25.2 Å². The van der Waals surface area contributed by atoms with E-state index in [1.165, 1.54) is 0 Å². The molecule has 0 radical (unpaired) electrons. The summed E-state index contributed by atoms with van der Waals surface area (Å²) in [6, 6.07) is 19.6. The van der Waals surface area contributed by atoms with Crippen molar-refractivity contribution in [2.45, 2.75) is 32.6 Å². The highest BCUT2D eigenvalue weighted by Gasteiger charge is 2.28. The Morgan fingerprint density at radius 1 is 0.769 bits per heavy atom. The van der Waals surface area contributed by atoms with Crippen LogP contribution in [-0.2, 0) is 31.9 Å². The largest absolute Gasteiger partial charge is 0.465 e. The van der Waals surface area contributed by atoms with Crippen molar-refractivity contribution in [1.82, 2.24) is 0 Å². The molecule has 0 spiro atoms. The van der Waals surface area contributed by atoms with E-state index in [0.717, 1.165) is 11.1 Å². The summed E-state index contributed by atoms with van der Waals surface area (Å²) in [5, 5.41) is 0. The lowest BCUT2D eigenvalue weighted by atomic mass is 10.0. The van der Waals surface area contributed by atoms with Gasteiger partial charge in [-0.05, 0) is 17.5 Å². The molecule has 0 saturated carbocycles. The van der Waals surface area contributed by atoms with Crippen LogP contribution in [0, 0.1) is 5.92 Å². The van der Waals surface area contributed by atoms with Crippen molar-refractivity contribution in [2.75, 3.05) is 13.2 Å². The first-order chi connectivity index (χ1) is 12.7. The molecule has 138 valence electrons. The highest BCUT2D eigenvalue weighted by Crippen LogP contribution is 2.12. The molecule has 0 aliphatic carbocycles. The van der Waals surface area contributed by atoms with E-state index in [1.807, 2.05) is 67.6 Å². The van der Waals surface area contributed by atoms with Gasteiger partial charge < -0.3 is 9.47 Å². The van der Waals surface area contributed by atoms with E-state index in [0.29, 0.717) is 25.7 Å². The van der Waals surface area contributed by atoms with Crippen LogP contribution < -0.4 is 0 Å². The Bertz CT molecular complexity index is 610. The number of carbonyl (C=O) groups excluding carboxylic acids is 2. The molecule has 0 atom stereocenters. The zero-order valence-electron chi connectivity index (χ0n) is 15.2. The Balaban J connectivity index is 1.77. The SMILES string of the molecule is CCCC(C(=O)OCCc1ccccc1)C(=O)OCCc1ccccc1. The molecule has 4 nitrogen and oxygen atoms in total. The predicted molar refractivity (Wildman–Crippen MR) is 101 cm³/mol. The topological polar surface area (TPSA) is 52.6 Å². The van der Waals surface area contributed by atoms with Gasteiger partial charge in [-0.15, -0.1) is 0 Å². The van der Waals surface area contributed by atoms with Crippen molar-refractivity contribution in [1.29, 1.82) is 0 Å². The second kappa shape index (κ2) is 11.1. The van der Waals surface area contributed by atoms with E-state index < -0.39 is 17.9 Å². The van der Waals surface area contributed by atoms with Gasteiger partial charge in [-0.1, -0.05) is 74.0 Å². The highest BCUT2D eigenvalue weighted by molar-refractivity contribution is 5.94. The van der Waals surface area contributed by atoms with Crippen molar-refractivity contribution in [3.63, 3.8) is 0 Å². The summed E-state index contributed by atoms with van der Waals surface area (Å²) in [7, 11) is 0. The second-order valence-electron chi connectivity index (χ2n) is 6.15. The van der Waals surface area contributed by atoms with Crippen LogP contribution in [0.4, 0.5) is 0 Å². The van der Waals surface area contributed by atoms with Crippen LogP contribution >= 0.6 is 0 Å².